The molecule has 0 fully saturated rings. The predicted molar refractivity (Wildman–Crippen MR) is 68.1 cm³/mol. The third-order valence-electron chi connectivity index (χ3n) is 2.90. The van der Waals surface area contributed by atoms with E-state index >= 15 is 0 Å². The highest BCUT2D eigenvalue weighted by Crippen LogP contribution is 2.13. The van der Waals surface area contributed by atoms with Crippen LogP contribution >= 0.6 is 0 Å². The standard InChI is InChI=1S/C15H15F2N/c1-11(13-5-3-2-4-6-13)18-10-12-7-8-14(16)15(17)9-12/h2-9,11,18H,10H2,1H3/t11-/m1/s1. The fourth-order valence-electron chi connectivity index (χ4n) is 1.78. The number of rotatable bonds is 4. The molecule has 1 N–H and O–H groups in total. The Hall–Kier alpha value is -1.74. The van der Waals surface area contributed by atoms with Gasteiger partial charge in [0.1, 0.15) is 0 Å². The van der Waals surface area contributed by atoms with Gasteiger partial charge in [-0.25, -0.2) is 8.78 Å². The van der Waals surface area contributed by atoms with Gasteiger partial charge in [-0.1, -0.05) is 36.4 Å². The van der Waals surface area contributed by atoms with Gasteiger partial charge in [-0.3, -0.25) is 0 Å². The van der Waals surface area contributed by atoms with Crippen molar-refractivity contribution in [3.8, 4) is 0 Å². The largest absolute Gasteiger partial charge is 0.306 e. The summed E-state index contributed by atoms with van der Waals surface area (Å²) in [5.41, 5.74) is 1.90. The molecule has 0 saturated heterocycles. The lowest BCUT2D eigenvalue weighted by molar-refractivity contribution is 0.504. The van der Waals surface area contributed by atoms with Crippen LogP contribution in [0.1, 0.15) is 24.1 Å². The fraction of sp³-hybridized carbons (Fsp3) is 0.200. The summed E-state index contributed by atoms with van der Waals surface area (Å²) < 4.78 is 25.8. The molecular weight excluding hydrogens is 232 g/mol. The molecule has 0 heterocycles. The lowest BCUT2D eigenvalue weighted by Crippen LogP contribution is -2.18. The summed E-state index contributed by atoms with van der Waals surface area (Å²) in [7, 11) is 0. The quantitative estimate of drug-likeness (QED) is 0.866. The molecule has 94 valence electrons. The van der Waals surface area contributed by atoms with E-state index in [-0.39, 0.29) is 6.04 Å². The Labute approximate surface area is 105 Å². The summed E-state index contributed by atoms with van der Waals surface area (Å²) >= 11 is 0. The number of halogens is 2. The Morgan fingerprint density at radius 1 is 1.00 bits per heavy atom. The highest BCUT2D eigenvalue weighted by atomic mass is 19.2. The maximum Gasteiger partial charge on any atom is 0.159 e. The summed E-state index contributed by atoms with van der Waals surface area (Å²) in [4.78, 5) is 0. The molecule has 1 nitrogen and oxygen atoms in total. The van der Waals surface area contributed by atoms with Crippen molar-refractivity contribution >= 4 is 0 Å². The van der Waals surface area contributed by atoms with Crippen LogP contribution in [0.15, 0.2) is 48.5 Å². The van der Waals surface area contributed by atoms with Crippen molar-refractivity contribution in [2.75, 3.05) is 0 Å². The summed E-state index contributed by atoms with van der Waals surface area (Å²) in [6.07, 6.45) is 0. The molecule has 1 atom stereocenters. The Balaban J connectivity index is 1.97. The number of benzene rings is 2. The van der Waals surface area contributed by atoms with Crippen LogP contribution in [-0.4, -0.2) is 0 Å². The average Bonchev–Trinajstić information content (AvgIpc) is 2.41. The van der Waals surface area contributed by atoms with Gasteiger partial charge in [-0.05, 0) is 30.2 Å². The minimum atomic E-state index is -0.810. The molecule has 0 aliphatic heterocycles. The third kappa shape index (κ3) is 3.14. The number of nitrogens with one attached hydrogen (secondary N) is 1. The first-order valence-corrected chi connectivity index (χ1v) is 5.89. The third-order valence-corrected chi connectivity index (χ3v) is 2.90. The molecule has 0 saturated carbocycles. The van der Waals surface area contributed by atoms with Gasteiger partial charge in [0, 0.05) is 12.6 Å². The molecule has 0 aromatic heterocycles. The first kappa shape index (κ1) is 12.7. The van der Waals surface area contributed by atoms with Crippen molar-refractivity contribution in [1.29, 1.82) is 0 Å². The van der Waals surface area contributed by atoms with Crippen LogP contribution in [-0.2, 0) is 6.54 Å². The van der Waals surface area contributed by atoms with Crippen molar-refractivity contribution in [3.05, 3.63) is 71.3 Å². The second-order valence-corrected chi connectivity index (χ2v) is 4.26. The molecule has 0 spiro atoms. The zero-order valence-corrected chi connectivity index (χ0v) is 10.2. The van der Waals surface area contributed by atoms with Crippen LogP contribution in [0.2, 0.25) is 0 Å². The van der Waals surface area contributed by atoms with Crippen LogP contribution < -0.4 is 5.32 Å². The van der Waals surface area contributed by atoms with Gasteiger partial charge in [-0.15, -0.1) is 0 Å². The topological polar surface area (TPSA) is 12.0 Å². The van der Waals surface area contributed by atoms with Crippen LogP contribution in [0.3, 0.4) is 0 Å². The van der Waals surface area contributed by atoms with Crippen LogP contribution in [0, 0.1) is 11.6 Å². The molecule has 0 unspecified atom stereocenters. The van der Waals surface area contributed by atoms with Gasteiger partial charge in [0.15, 0.2) is 11.6 Å². The fourth-order valence-corrected chi connectivity index (χ4v) is 1.78. The molecule has 2 aromatic carbocycles. The van der Waals surface area contributed by atoms with Crippen molar-refractivity contribution in [3.63, 3.8) is 0 Å². The second-order valence-electron chi connectivity index (χ2n) is 4.26. The molecule has 0 radical (unpaired) electrons. The SMILES string of the molecule is C[C@@H](NCc1ccc(F)c(F)c1)c1ccccc1. The molecule has 2 aromatic rings. The van der Waals surface area contributed by atoms with Crippen LogP contribution in [0.4, 0.5) is 8.78 Å². The van der Waals surface area contributed by atoms with E-state index in [4.69, 9.17) is 0 Å². The molecular formula is C15H15F2N. The van der Waals surface area contributed by atoms with Gasteiger partial charge in [0.25, 0.3) is 0 Å². The summed E-state index contributed by atoms with van der Waals surface area (Å²) in [5.74, 6) is -1.61. The molecule has 3 heteroatoms. The van der Waals surface area contributed by atoms with E-state index in [9.17, 15) is 8.78 Å². The van der Waals surface area contributed by atoms with E-state index < -0.39 is 11.6 Å². The van der Waals surface area contributed by atoms with Crippen molar-refractivity contribution in [1.82, 2.24) is 5.32 Å². The van der Waals surface area contributed by atoms with Gasteiger partial charge >= 0.3 is 0 Å². The minimum Gasteiger partial charge on any atom is -0.306 e. The average molecular weight is 247 g/mol. The monoisotopic (exact) mass is 247 g/mol. The van der Waals surface area contributed by atoms with Gasteiger partial charge < -0.3 is 5.32 Å². The molecule has 0 aliphatic rings. The molecule has 18 heavy (non-hydrogen) atoms. The van der Waals surface area contributed by atoms with Crippen molar-refractivity contribution < 1.29 is 8.78 Å². The Morgan fingerprint density at radius 3 is 2.39 bits per heavy atom. The predicted octanol–water partition coefficient (Wildman–Crippen LogP) is 3.82. The molecule has 0 aliphatic carbocycles. The summed E-state index contributed by atoms with van der Waals surface area (Å²) in [6, 6.07) is 14.1. The molecule has 0 amide bonds. The maximum atomic E-state index is 13.0. The number of hydrogen-bond acceptors (Lipinski definition) is 1. The highest BCUT2D eigenvalue weighted by Gasteiger charge is 2.06. The van der Waals surface area contributed by atoms with Gasteiger partial charge in [0.05, 0.1) is 0 Å². The Morgan fingerprint density at radius 2 is 1.72 bits per heavy atom. The van der Waals surface area contributed by atoms with E-state index in [1.54, 1.807) is 6.07 Å². The second kappa shape index (κ2) is 5.74. The lowest BCUT2D eigenvalue weighted by Gasteiger charge is -2.14. The van der Waals surface area contributed by atoms with Gasteiger partial charge in [0.2, 0.25) is 0 Å². The van der Waals surface area contributed by atoms with E-state index in [0.29, 0.717) is 6.54 Å². The summed E-state index contributed by atoms with van der Waals surface area (Å²) in [5, 5.41) is 3.27. The van der Waals surface area contributed by atoms with Crippen LogP contribution in [0.5, 0.6) is 0 Å². The molecule has 0 bridgehead atoms. The van der Waals surface area contributed by atoms with Crippen molar-refractivity contribution in [2.24, 2.45) is 0 Å². The molecule has 2 rings (SSSR count). The van der Waals surface area contributed by atoms with E-state index in [0.717, 1.165) is 11.6 Å². The highest BCUT2D eigenvalue weighted by molar-refractivity contribution is 5.20. The lowest BCUT2D eigenvalue weighted by atomic mass is 10.1. The van der Waals surface area contributed by atoms with Crippen LogP contribution in [0.25, 0.3) is 0 Å². The zero-order chi connectivity index (χ0) is 13.0. The van der Waals surface area contributed by atoms with E-state index in [2.05, 4.69) is 5.32 Å². The first-order valence-electron chi connectivity index (χ1n) is 5.89. The Kier molecular flexibility index (Phi) is 4.05. The summed E-state index contributed by atoms with van der Waals surface area (Å²) in [6.45, 7) is 2.54. The smallest absolute Gasteiger partial charge is 0.159 e. The normalized spacial score (nSPS) is 12.4. The zero-order valence-electron chi connectivity index (χ0n) is 10.2. The van der Waals surface area contributed by atoms with E-state index in [1.807, 2.05) is 37.3 Å². The van der Waals surface area contributed by atoms with E-state index in [1.165, 1.54) is 11.6 Å². The number of hydrogen-bond donors (Lipinski definition) is 1. The van der Waals surface area contributed by atoms with Crippen molar-refractivity contribution in [2.45, 2.75) is 19.5 Å². The first-order chi connectivity index (χ1) is 8.66. The Bertz CT molecular complexity index is 511. The maximum absolute atomic E-state index is 13.0. The van der Waals surface area contributed by atoms with Gasteiger partial charge in [-0.2, -0.15) is 0 Å². The minimum absolute atomic E-state index is 0.166.